The van der Waals surface area contributed by atoms with Gasteiger partial charge >= 0.3 is 5.97 Å². The third-order valence-electron chi connectivity index (χ3n) is 9.61. The second-order valence-corrected chi connectivity index (χ2v) is 10.5. The van der Waals surface area contributed by atoms with Crippen LogP contribution in [0.1, 0.15) is 72.1 Å². The van der Waals surface area contributed by atoms with Crippen molar-refractivity contribution in [3.05, 3.63) is 11.6 Å². The summed E-state index contributed by atoms with van der Waals surface area (Å²) in [7, 11) is 0. The predicted octanol–water partition coefficient (Wildman–Crippen LogP) is 4.79. The van der Waals surface area contributed by atoms with Gasteiger partial charge in [-0.1, -0.05) is 26.3 Å². The molecule has 148 valence electrons. The van der Waals surface area contributed by atoms with Gasteiger partial charge in [-0.15, -0.1) is 0 Å². The van der Waals surface area contributed by atoms with Gasteiger partial charge in [0, 0.05) is 24.2 Å². The van der Waals surface area contributed by atoms with Crippen LogP contribution in [0.4, 0.5) is 4.39 Å². The number of allylic oxidation sites excluding steroid dienone is 1. The molecule has 27 heavy (non-hydrogen) atoms. The van der Waals surface area contributed by atoms with Crippen LogP contribution in [-0.2, 0) is 14.3 Å². The standard InChI is InChI=1S/C23H31FO3/c1-13-10-17-16-5-4-14-11-15(25)6-8-21(14,2)20(16)18(24)12-22(17,3)23(13)9-7-19(26)27-23/h11,13,16-18,20H,4-10,12H2,1-3H3. The lowest BCUT2D eigenvalue weighted by molar-refractivity contribution is -0.182. The summed E-state index contributed by atoms with van der Waals surface area (Å²) >= 11 is 0. The second-order valence-electron chi connectivity index (χ2n) is 10.5. The van der Waals surface area contributed by atoms with Crippen molar-refractivity contribution in [2.45, 2.75) is 83.9 Å². The molecule has 0 aromatic heterocycles. The molecule has 5 rings (SSSR count). The van der Waals surface area contributed by atoms with E-state index in [4.69, 9.17) is 4.74 Å². The molecule has 5 aliphatic rings. The van der Waals surface area contributed by atoms with E-state index in [2.05, 4.69) is 20.8 Å². The fourth-order valence-corrected chi connectivity index (χ4v) is 8.36. The van der Waals surface area contributed by atoms with Crippen molar-refractivity contribution in [1.29, 1.82) is 0 Å². The monoisotopic (exact) mass is 374 g/mol. The van der Waals surface area contributed by atoms with E-state index in [0.29, 0.717) is 37.0 Å². The Bertz CT molecular complexity index is 744. The number of carbonyl (C=O) groups is 2. The first-order valence-corrected chi connectivity index (χ1v) is 10.8. The predicted molar refractivity (Wildman–Crippen MR) is 99.6 cm³/mol. The molecular formula is C23H31FO3. The van der Waals surface area contributed by atoms with Gasteiger partial charge in [0.05, 0.1) is 0 Å². The molecule has 8 unspecified atom stereocenters. The zero-order chi connectivity index (χ0) is 19.2. The molecule has 1 saturated heterocycles. The van der Waals surface area contributed by atoms with Gasteiger partial charge < -0.3 is 4.74 Å². The number of hydrogen-bond acceptors (Lipinski definition) is 3. The maximum atomic E-state index is 15.9. The van der Waals surface area contributed by atoms with Crippen molar-refractivity contribution in [3.8, 4) is 0 Å². The summed E-state index contributed by atoms with van der Waals surface area (Å²) in [4.78, 5) is 24.0. The minimum absolute atomic E-state index is 0.00290. The van der Waals surface area contributed by atoms with Gasteiger partial charge in [-0.3, -0.25) is 9.59 Å². The third kappa shape index (κ3) is 2.08. The Hall–Kier alpha value is -1.19. The smallest absolute Gasteiger partial charge is 0.306 e. The molecule has 1 aliphatic heterocycles. The summed E-state index contributed by atoms with van der Waals surface area (Å²) in [5.41, 5.74) is 0.285. The molecule has 1 spiro atoms. The Morgan fingerprint density at radius 2 is 1.93 bits per heavy atom. The largest absolute Gasteiger partial charge is 0.458 e. The number of ether oxygens (including phenoxy) is 1. The lowest BCUT2D eigenvalue weighted by atomic mass is 9.45. The quantitative estimate of drug-likeness (QED) is 0.573. The van der Waals surface area contributed by atoms with E-state index in [-0.39, 0.29) is 28.5 Å². The van der Waals surface area contributed by atoms with E-state index < -0.39 is 11.8 Å². The third-order valence-corrected chi connectivity index (χ3v) is 9.61. The molecular weight excluding hydrogens is 343 g/mol. The van der Waals surface area contributed by atoms with Gasteiger partial charge in [0.15, 0.2) is 5.78 Å². The van der Waals surface area contributed by atoms with E-state index in [9.17, 15) is 9.59 Å². The lowest BCUT2D eigenvalue weighted by Crippen LogP contribution is -2.59. The highest BCUT2D eigenvalue weighted by atomic mass is 19.1. The summed E-state index contributed by atoms with van der Waals surface area (Å²) in [6, 6.07) is 0. The summed E-state index contributed by atoms with van der Waals surface area (Å²) in [6.07, 6.45) is 6.93. The molecule has 1 heterocycles. The van der Waals surface area contributed by atoms with Crippen LogP contribution in [0, 0.1) is 34.5 Å². The molecule has 3 nitrogen and oxygen atoms in total. The zero-order valence-corrected chi connectivity index (χ0v) is 16.7. The van der Waals surface area contributed by atoms with Gasteiger partial charge in [0.25, 0.3) is 0 Å². The van der Waals surface area contributed by atoms with E-state index in [1.165, 1.54) is 5.57 Å². The van der Waals surface area contributed by atoms with Gasteiger partial charge in [-0.05, 0) is 67.8 Å². The maximum Gasteiger partial charge on any atom is 0.306 e. The van der Waals surface area contributed by atoms with Crippen LogP contribution >= 0.6 is 0 Å². The van der Waals surface area contributed by atoms with E-state index in [0.717, 1.165) is 32.1 Å². The molecule has 4 fully saturated rings. The number of esters is 1. The van der Waals surface area contributed by atoms with Crippen molar-refractivity contribution in [2.24, 2.45) is 34.5 Å². The van der Waals surface area contributed by atoms with Crippen molar-refractivity contribution in [3.63, 3.8) is 0 Å². The Kier molecular flexibility index (Phi) is 3.61. The van der Waals surface area contributed by atoms with Crippen LogP contribution in [0.25, 0.3) is 0 Å². The fourth-order valence-electron chi connectivity index (χ4n) is 8.36. The molecule has 8 atom stereocenters. The Labute approximate surface area is 161 Å². The highest BCUT2D eigenvalue weighted by Gasteiger charge is 2.71. The molecule has 3 saturated carbocycles. The summed E-state index contributed by atoms with van der Waals surface area (Å²) in [5, 5.41) is 0. The number of rotatable bonds is 0. The van der Waals surface area contributed by atoms with Gasteiger partial charge in [0.2, 0.25) is 0 Å². The maximum absolute atomic E-state index is 15.9. The van der Waals surface area contributed by atoms with Crippen LogP contribution in [0.5, 0.6) is 0 Å². The summed E-state index contributed by atoms with van der Waals surface area (Å²) in [5.74, 6) is 1.14. The van der Waals surface area contributed by atoms with E-state index >= 15 is 4.39 Å². The summed E-state index contributed by atoms with van der Waals surface area (Å²) < 4.78 is 21.9. The van der Waals surface area contributed by atoms with Crippen LogP contribution in [0.3, 0.4) is 0 Å². The van der Waals surface area contributed by atoms with E-state index in [1.54, 1.807) is 0 Å². The van der Waals surface area contributed by atoms with Gasteiger partial charge in [-0.2, -0.15) is 0 Å². The topological polar surface area (TPSA) is 43.4 Å². The number of hydrogen-bond donors (Lipinski definition) is 0. The fraction of sp³-hybridized carbons (Fsp3) is 0.826. The zero-order valence-electron chi connectivity index (χ0n) is 16.7. The van der Waals surface area contributed by atoms with Gasteiger partial charge in [-0.25, -0.2) is 4.39 Å². The number of alkyl halides is 1. The first-order valence-electron chi connectivity index (χ1n) is 10.8. The Morgan fingerprint density at radius 1 is 1.15 bits per heavy atom. The first-order chi connectivity index (χ1) is 12.7. The molecule has 0 radical (unpaired) electrons. The molecule has 4 aliphatic carbocycles. The highest BCUT2D eigenvalue weighted by Crippen LogP contribution is 2.71. The Morgan fingerprint density at radius 3 is 2.63 bits per heavy atom. The van der Waals surface area contributed by atoms with Crippen molar-refractivity contribution < 1.29 is 18.7 Å². The number of fused-ring (bicyclic) bond motifs is 6. The molecule has 4 heteroatoms. The van der Waals surface area contributed by atoms with Crippen LogP contribution in [-0.4, -0.2) is 23.5 Å². The number of carbonyl (C=O) groups excluding carboxylic acids is 2. The van der Waals surface area contributed by atoms with Crippen molar-refractivity contribution in [2.75, 3.05) is 0 Å². The van der Waals surface area contributed by atoms with Crippen molar-refractivity contribution in [1.82, 2.24) is 0 Å². The molecule has 0 N–H and O–H groups in total. The lowest BCUT2D eigenvalue weighted by Gasteiger charge is -2.60. The number of halogens is 1. The first kappa shape index (κ1) is 17.9. The molecule has 0 amide bonds. The Balaban J connectivity index is 1.56. The van der Waals surface area contributed by atoms with E-state index in [1.807, 2.05) is 6.08 Å². The SMILES string of the molecule is CC1CC2C3CCC4=CC(=O)CCC4(C)C3C(F)CC2(C)C12CCC(=O)O2. The molecule has 0 aromatic carbocycles. The average molecular weight is 374 g/mol. The van der Waals surface area contributed by atoms with Crippen LogP contribution in [0.2, 0.25) is 0 Å². The minimum Gasteiger partial charge on any atom is -0.458 e. The van der Waals surface area contributed by atoms with Crippen molar-refractivity contribution >= 4 is 11.8 Å². The van der Waals surface area contributed by atoms with Crippen LogP contribution in [0.15, 0.2) is 11.6 Å². The average Bonchev–Trinajstić information content (AvgIpc) is 3.10. The van der Waals surface area contributed by atoms with Crippen LogP contribution < -0.4 is 0 Å². The number of ketones is 1. The summed E-state index contributed by atoms with van der Waals surface area (Å²) in [6.45, 7) is 6.63. The molecule has 0 aromatic rings. The highest BCUT2D eigenvalue weighted by molar-refractivity contribution is 5.91. The second kappa shape index (κ2) is 5.45. The minimum atomic E-state index is -0.889. The molecule has 0 bridgehead atoms. The normalized spacial score (nSPS) is 54.2. The van der Waals surface area contributed by atoms with Gasteiger partial charge in [0.1, 0.15) is 11.8 Å².